The Kier molecular flexibility index (Phi) is 2.91. The van der Waals surface area contributed by atoms with Crippen LogP contribution in [-0.2, 0) is 9.53 Å². The van der Waals surface area contributed by atoms with Crippen LogP contribution in [0.15, 0.2) is 12.8 Å². The molecule has 0 aromatic carbocycles. The fraction of sp³-hybridized carbons (Fsp3) is 0.500. The van der Waals surface area contributed by atoms with E-state index in [1.165, 1.54) is 13.2 Å². The molecule has 0 aliphatic heterocycles. The summed E-state index contributed by atoms with van der Waals surface area (Å²) in [6.07, 6.45) is 1.23. The zero-order valence-electron chi connectivity index (χ0n) is 5.48. The van der Waals surface area contributed by atoms with Gasteiger partial charge in [-0.3, -0.25) is 4.79 Å². The maximum Gasteiger partial charge on any atom is 0.216 e. The molecule has 0 radical (unpaired) electrons. The standard InChI is InChI=1S/C6H9BrO2/c1-4-9-6(3,7)5(2)8/h4H,1H2,2-3H3. The van der Waals surface area contributed by atoms with Gasteiger partial charge in [0.1, 0.15) is 0 Å². The molecular formula is C6H9BrO2. The predicted molar refractivity (Wildman–Crippen MR) is 39.3 cm³/mol. The van der Waals surface area contributed by atoms with E-state index in [-0.39, 0.29) is 5.78 Å². The molecule has 0 bridgehead atoms. The first-order valence-electron chi connectivity index (χ1n) is 2.49. The molecular weight excluding hydrogens is 184 g/mol. The molecule has 0 fully saturated rings. The molecule has 52 valence electrons. The Balaban J connectivity index is 4.00. The summed E-state index contributed by atoms with van der Waals surface area (Å²) in [6.45, 7) is 6.39. The molecule has 1 unspecified atom stereocenters. The Morgan fingerprint density at radius 1 is 1.89 bits per heavy atom. The first-order chi connectivity index (χ1) is 4.00. The van der Waals surface area contributed by atoms with Gasteiger partial charge in [-0.1, -0.05) is 6.58 Å². The third kappa shape index (κ3) is 2.65. The van der Waals surface area contributed by atoms with Crippen molar-refractivity contribution in [1.82, 2.24) is 0 Å². The fourth-order valence-corrected chi connectivity index (χ4v) is 0.372. The molecule has 2 nitrogen and oxygen atoms in total. The maximum atomic E-state index is 10.6. The Labute approximate surface area is 63.0 Å². The summed E-state index contributed by atoms with van der Waals surface area (Å²) >= 11 is 3.06. The molecule has 0 aromatic rings. The van der Waals surface area contributed by atoms with Crippen LogP contribution in [0.5, 0.6) is 0 Å². The number of carbonyl (C=O) groups is 1. The van der Waals surface area contributed by atoms with Crippen molar-refractivity contribution in [1.29, 1.82) is 0 Å². The highest BCUT2D eigenvalue weighted by atomic mass is 79.9. The van der Waals surface area contributed by atoms with E-state index in [1.807, 2.05) is 0 Å². The SMILES string of the molecule is C=COC(C)(Br)C(C)=O. The van der Waals surface area contributed by atoms with Crippen molar-refractivity contribution in [3.8, 4) is 0 Å². The lowest BCUT2D eigenvalue weighted by atomic mass is 10.3. The lowest BCUT2D eigenvalue weighted by molar-refractivity contribution is -0.126. The second-order valence-electron chi connectivity index (χ2n) is 1.76. The van der Waals surface area contributed by atoms with Gasteiger partial charge in [-0.15, -0.1) is 0 Å². The summed E-state index contributed by atoms with van der Waals surface area (Å²) < 4.78 is 3.93. The van der Waals surface area contributed by atoms with Crippen LogP contribution in [0.1, 0.15) is 13.8 Å². The smallest absolute Gasteiger partial charge is 0.216 e. The van der Waals surface area contributed by atoms with E-state index in [0.717, 1.165) is 0 Å². The number of halogens is 1. The molecule has 9 heavy (non-hydrogen) atoms. The highest BCUT2D eigenvalue weighted by molar-refractivity contribution is 9.10. The molecule has 0 N–H and O–H groups in total. The van der Waals surface area contributed by atoms with Crippen LogP contribution in [0.4, 0.5) is 0 Å². The Bertz CT molecular complexity index is 129. The summed E-state index contributed by atoms with van der Waals surface area (Å²) in [6, 6.07) is 0. The summed E-state index contributed by atoms with van der Waals surface area (Å²) in [7, 11) is 0. The summed E-state index contributed by atoms with van der Waals surface area (Å²) in [5.74, 6) is -0.0811. The van der Waals surface area contributed by atoms with Crippen LogP contribution < -0.4 is 0 Å². The number of alkyl halides is 1. The second-order valence-corrected chi connectivity index (χ2v) is 3.27. The quantitative estimate of drug-likeness (QED) is 0.505. The zero-order valence-corrected chi connectivity index (χ0v) is 7.06. The van der Waals surface area contributed by atoms with Gasteiger partial charge in [0.05, 0.1) is 6.26 Å². The van der Waals surface area contributed by atoms with Crippen LogP contribution in [0.3, 0.4) is 0 Å². The average molecular weight is 193 g/mol. The molecule has 0 amide bonds. The van der Waals surface area contributed by atoms with Crippen molar-refractivity contribution >= 4 is 21.7 Å². The summed E-state index contributed by atoms with van der Waals surface area (Å²) in [5, 5.41) is 0. The van der Waals surface area contributed by atoms with Crippen LogP contribution in [-0.4, -0.2) is 10.3 Å². The van der Waals surface area contributed by atoms with Gasteiger partial charge in [-0.25, -0.2) is 0 Å². The van der Waals surface area contributed by atoms with E-state index in [2.05, 4.69) is 22.5 Å². The Morgan fingerprint density at radius 3 is 2.44 bits per heavy atom. The van der Waals surface area contributed by atoms with Crippen LogP contribution in [0, 0.1) is 0 Å². The number of hydrogen-bond donors (Lipinski definition) is 0. The van der Waals surface area contributed by atoms with Gasteiger partial charge < -0.3 is 4.74 Å². The molecule has 0 spiro atoms. The monoisotopic (exact) mass is 192 g/mol. The number of rotatable bonds is 3. The van der Waals surface area contributed by atoms with E-state index in [0.29, 0.717) is 0 Å². The van der Waals surface area contributed by atoms with Crippen LogP contribution in [0.25, 0.3) is 0 Å². The highest BCUT2D eigenvalue weighted by Gasteiger charge is 2.25. The summed E-state index contributed by atoms with van der Waals surface area (Å²) in [5.41, 5.74) is 0. The minimum Gasteiger partial charge on any atom is -0.477 e. The lowest BCUT2D eigenvalue weighted by Crippen LogP contribution is -2.26. The average Bonchev–Trinajstić information content (AvgIpc) is 1.65. The van der Waals surface area contributed by atoms with Crippen molar-refractivity contribution in [2.75, 3.05) is 0 Å². The maximum absolute atomic E-state index is 10.6. The molecule has 1 atom stereocenters. The van der Waals surface area contributed by atoms with Crippen LogP contribution in [0.2, 0.25) is 0 Å². The fourth-order valence-electron chi connectivity index (χ4n) is 0.239. The minimum atomic E-state index is -0.894. The van der Waals surface area contributed by atoms with Crippen LogP contribution >= 0.6 is 15.9 Å². The minimum absolute atomic E-state index is 0.0811. The van der Waals surface area contributed by atoms with Gasteiger partial charge in [0.2, 0.25) is 4.51 Å². The van der Waals surface area contributed by atoms with E-state index in [4.69, 9.17) is 4.74 Å². The van der Waals surface area contributed by atoms with Crippen molar-refractivity contribution in [2.45, 2.75) is 18.4 Å². The molecule has 0 aliphatic rings. The van der Waals surface area contributed by atoms with Gasteiger partial charge in [0.25, 0.3) is 0 Å². The van der Waals surface area contributed by atoms with E-state index in [1.54, 1.807) is 6.92 Å². The van der Waals surface area contributed by atoms with E-state index >= 15 is 0 Å². The van der Waals surface area contributed by atoms with E-state index in [9.17, 15) is 4.79 Å². The third-order valence-corrected chi connectivity index (χ3v) is 1.68. The number of Topliss-reactive ketones (excluding diaryl/α,β-unsaturated/α-hetero) is 1. The normalized spacial score (nSPS) is 15.9. The molecule has 3 heteroatoms. The van der Waals surface area contributed by atoms with Gasteiger partial charge in [-0.05, 0) is 29.8 Å². The molecule has 0 aliphatic carbocycles. The van der Waals surface area contributed by atoms with Gasteiger partial charge in [-0.2, -0.15) is 0 Å². The largest absolute Gasteiger partial charge is 0.477 e. The van der Waals surface area contributed by atoms with Crippen molar-refractivity contribution in [3.63, 3.8) is 0 Å². The number of ether oxygens (including phenoxy) is 1. The molecule has 0 aromatic heterocycles. The van der Waals surface area contributed by atoms with Crippen molar-refractivity contribution in [2.24, 2.45) is 0 Å². The van der Waals surface area contributed by atoms with Gasteiger partial charge in [0, 0.05) is 0 Å². The summed E-state index contributed by atoms with van der Waals surface area (Å²) in [4.78, 5) is 10.6. The zero-order chi connectivity index (χ0) is 7.49. The molecule has 0 saturated heterocycles. The van der Waals surface area contributed by atoms with Crippen molar-refractivity contribution < 1.29 is 9.53 Å². The number of hydrogen-bond acceptors (Lipinski definition) is 2. The topological polar surface area (TPSA) is 26.3 Å². The molecule has 0 heterocycles. The Hall–Kier alpha value is -0.310. The first kappa shape index (κ1) is 8.69. The van der Waals surface area contributed by atoms with Gasteiger partial charge in [0.15, 0.2) is 5.78 Å². The second kappa shape index (κ2) is 3.01. The predicted octanol–water partition coefficient (Wildman–Crippen LogP) is 1.85. The third-order valence-electron chi connectivity index (χ3n) is 0.934. The van der Waals surface area contributed by atoms with E-state index < -0.39 is 4.51 Å². The molecule has 0 rings (SSSR count). The number of carbonyl (C=O) groups excluding carboxylic acids is 1. The van der Waals surface area contributed by atoms with Crippen molar-refractivity contribution in [3.05, 3.63) is 12.8 Å². The molecule has 0 saturated carbocycles. The first-order valence-corrected chi connectivity index (χ1v) is 3.28. The lowest BCUT2D eigenvalue weighted by Gasteiger charge is -2.17. The number of ketones is 1. The Morgan fingerprint density at radius 2 is 2.33 bits per heavy atom. The highest BCUT2D eigenvalue weighted by Crippen LogP contribution is 2.19. The van der Waals surface area contributed by atoms with Gasteiger partial charge >= 0.3 is 0 Å².